The molecule has 2 atom stereocenters. The molecule has 0 aromatic heterocycles. The number of nitrogens with zero attached hydrogens (tertiary/aromatic N) is 1. The van der Waals surface area contributed by atoms with Crippen LogP contribution in [0.25, 0.3) is 27.6 Å². The molecule has 5 rings (SSSR count). The van der Waals surface area contributed by atoms with E-state index in [1.54, 1.807) is 6.92 Å². The molecular formula is C35H33NO. The lowest BCUT2D eigenvalue weighted by atomic mass is 9.87. The lowest BCUT2D eigenvalue weighted by Gasteiger charge is -2.34. The van der Waals surface area contributed by atoms with Crippen LogP contribution in [0.2, 0.25) is 0 Å². The van der Waals surface area contributed by atoms with E-state index in [4.69, 9.17) is 0 Å². The molecule has 0 fully saturated rings. The first-order valence-electron chi connectivity index (χ1n) is 13.0. The minimum absolute atomic E-state index is 0.0348. The molecule has 2 nitrogen and oxygen atoms in total. The molecule has 0 bridgehead atoms. The van der Waals surface area contributed by atoms with Gasteiger partial charge in [0.25, 0.3) is 0 Å². The van der Waals surface area contributed by atoms with Gasteiger partial charge in [0, 0.05) is 25.4 Å². The number of rotatable bonds is 8. The van der Waals surface area contributed by atoms with Gasteiger partial charge in [-0.1, -0.05) is 115 Å². The van der Waals surface area contributed by atoms with Crippen LogP contribution in [0, 0.1) is 0 Å². The van der Waals surface area contributed by atoms with Crippen molar-refractivity contribution in [3.8, 4) is 0 Å². The van der Waals surface area contributed by atoms with Gasteiger partial charge in [-0.3, -0.25) is 4.79 Å². The summed E-state index contributed by atoms with van der Waals surface area (Å²) in [6, 6.07) is 40.5. The molecule has 2 heteroatoms. The van der Waals surface area contributed by atoms with Crippen molar-refractivity contribution >= 4 is 33.5 Å². The highest BCUT2D eigenvalue weighted by Gasteiger charge is 2.26. The maximum absolute atomic E-state index is 12.9. The van der Waals surface area contributed by atoms with Crippen LogP contribution in [0.1, 0.15) is 42.9 Å². The van der Waals surface area contributed by atoms with Crippen LogP contribution in [-0.4, -0.2) is 16.8 Å². The number of fused-ring (bicyclic) bond motifs is 2. The Morgan fingerprint density at radius 2 is 1.32 bits per heavy atom. The van der Waals surface area contributed by atoms with Crippen molar-refractivity contribution in [1.29, 1.82) is 0 Å². The van der Waals surface area contributed by atoms with Crippen LogP contribution in [0.5, 0.6) is 0 Å². The number of amides is 1. The van der Waals surface area contributed by atoms with Gasteiger partial charge in [-0.15, -0.1) is 0 Å². The Kier molecular flexibility index (Phi) is 7.46. The summed E-state index contributed by atoms with van der Waals surface area (Å²) in [6.45, 7) is 4.47. The zero-order valence-electron chi connectivity index (χ0n) is 21.5. The molecule has 1 amide bonds. The SMILES string of the molecule is CC(=O)N(Cc1ccc2ccccc2c1)C(C)C(CC=Cc1ccc2ccccc2c1)c1ccccc1. The number of carbonyl (C=O) groups is 1. The summed E-state index contributed by atoms with van der Waals surface area (Å²) in [5, 5.41) is 4.92. The van der Waals surface area contributed by atoms with E-state index in [0.29, 0.717) is 6.54 Å². The fraction of sp³-hybridized carbons (Fsp3) is 0.171. The lowest BCUT2D eigenvalue weighted by molar-refractivity contribution is -0.132. The maximum Gasteiger partial charge on any atom is 0.220 e. The number of carbonyl (C=O) groups excluding carboxylic acids is 1. The van der Waals surface area contributed by atoms with Crippen molar-refractivity contribution in [3.63, 3.8) is 0 Å². The number of hydrogen-bond acceptors (Lipinski definition) is 1. The van der Waals surface area contributed by atoms with Gasteiger partial charge in [-0.25, -0.2) is 0 Å². The second kappa shape index (κ2) is 11.3. The summed E-state index contributed by atoms with van der Waals surface area (Å²) in [6.07, 6.45) is 5.31. The molecule has 0 aliphatic rings. The maximum atomic E-state index is 12.9. The first-order chi connectivity index (χ1) is 18.1. The zero-order chi connectivity index (χ0) is 25.6. The number of benzene rings is 5. The van der Waals surface area contributed by atoms with Gasteiger partial charge in [0.05, 0.1) is 0 Å². The second-order valence-electron chi connectivity index (χ2n) is 9.83. The van der Waals surface area contributed by atoms with Gasteiger partial charge in [-0.05, 0) is 63.7 Å². The van der Waals surface area contributed by atoms with Gasteiger partial charge in [0.2, 0.25) is 5.91 Å². The first kappa shape index (κ1) is 24.5. The summed E-state index contributed by atoms with van der Waals surface area (Å²) < 4.78 is 0. The van der Waals surface area contributed by atoms with Gasteiger partial charge in [0.15, 0.2) is 0 Å². The number of hydrogen-bond donors (Lipinski definition) is 0. The van der Waals surface area contributed by atoms with E-state index in [-0.39, 0.29) is 17.9 Å². The highest BCUT2D eigenvalue weighted by Crippen LogP contribution is 2.30. The van der Waals surface area contributed by atoms with Gasteiger partial charge >= 0.3 is 0 Å². The van der Waals surface area contributed by atoms with E-state index in [9.17, 15) is 4.79 Å². The minimum atomic E-state index is 0.0348. The first-order valence-corrected chi connectivity index (χ1v) is 13.0. The third kappa shape index (κ3) is 5.81. The van der Waals surface area contributed by atoms with Gasteiger partial charge in [-0.2, -0.15) is 0 Å². The summed E-state index contributed by atoms with van der Waals surface area (Å²) >= 11 is 0. The highest BCUT2D eigenvalue weighted by atomic mass is 16.2. The normalized spacial score (nSPS) is 13.1. The molecule has 0 N–H and O–H groups in total. The van der Waals surface area contributed by atoms with E-state index in [1.807, 2.05) is 11.0 Å². The predicted molar refractivity (Wildman–Crippen MR) is 156 cm³/mol. The molecule has 2 unspecified atom stereocenters. The second-order valence-corrected chi connectivity index (χ2v) is 9.83. The molecule has 0 aliphatic heterocycles. The molecule has 0 saturated heterocycles. The van der Waals surface area contributed by atoms with Crippen molar-refractivity contribution in [2.45, 2.75) is 38.8 Å². The average molecular weight is 484 g/mol. The van der Waals surface area contributed by atoms with Crippen molar-refractivity contribution < 1.29 is 4.79 Å². The third-order valence-electron chi connectivity index (χ3n) is 7.35. The van der Waals surface area contributed by atoms with Crippen molar-refractivity contribution in [2.24, 2.45) is 0 Å². The van der Waals surface area contributed by atoms with Gasteiger partial charge < -0.3 is 4.90 Å². The monoisotopic (exact) mass is 483 g/mol. The summed E-state index contributed by atoms with van der Waals surface area (Å²) in [4.78, 5) is 14.9. The lowest BCUT2D eigenvalue weighted by Crippen LogP contribution is -2.40. The third-order valence-corrected chi connectivity index (χ3v) is 7.35. The smallest absolute Gasteiger partial charge is 0.220 e. The Bertz CT molecular complexity index is 1540. The van der Waals surface area contributed by atoms with E-state index >= 15 is 0 Å². The Morgan fingerprint density at radius 3 is 2.00 bits per heavy atom. The molecule has 37 heavy (non-hydrogen) atoms. The predicted octanol–water partition coefficient (Wildman–Crippen LogP) is 8.62. The van der Waals surface area contributed by atoms with Gasteiger partial charge in [0.1, 0.15) is 0 Å². The largest absolute Gasteiger partial charge is 0.335 e. The molecule has 5 aromatic carbocycles. The Labute approximate surface area is 219 Å². The standard InChI is InChI=1S/C35H33NO/c1-26(36(27(2)37)25-29-20-22-31-13-7-9-17-34(31)24-29)35(32-14-4-3-5-15-32)18-10-11-28-19-21-30-12-6-8-16-33(30)23-28/h3-17,19-24,26,35H,18,25H2,1-2H3. The van der Waals surface area contributed by atoms with Crippen LogP contribution in [0.15, 0.2) is 121 Å². The van der Waals surface area contributed by atoms with E-state index in [1.165, 1.54) is 32.7 Å². The fourth-order valence-electron chi connectivity index (χ4n) is 5.27. The molecule has 184 valence electrons. The Balaban J connectivity index is 1.39. The summed E-state index contributed by atoms with van der Waals surface area (Å²) in [5.41, 5.74) is 3.60. The molecule has 0 saturated carbocycles. The zero-order valence-corrected chi connectivity index (χ0v) is 21.5. The van der Waals surface area contributed by atoms with Crippen molar-refractivity contribution in [2.75, 3.05) is 0 Å². The quantitative estimate of drug-likeness (QED) is 0.216. The van der Waals surface area contributed by atoms with Crippen LogP contribution in [0.3, 0.4) is 0 Å². The Hall–Kier alpha value is -4.17. The molecule has 0 heterocycles. The van der Waals surface area contributed by atoms with Crippen molar-refractivity contribution in [3.05, 3.63) is 138 Å². The Morgan fingerprint density at radius 1 is 0.730 bits per heavy atom. The summed E-state index contributed by atoms with van der Waals surface area (Å²) in [5.74, 6) is 0.280. The summed E-state index contributed by atoms with van der Waals surface area (Å²) in [7, 11) is 0. The van der Waals surface area contributed by atoms with Crippen molar-refractivity contribution in [1.82, 2.24) is 4.90 Å². The molecule has 5 aromatic rings. The van der Waals surface area contributed by atoms with E-state index in [0.717, 1.165) is 12.0 Å². The topological polar surface area (TPSA) is 20.3 Å². The van der Waals surface area contributed by atoms with E-state index < -0.39 is 0 Å². The fourth-order valence-corrected chi connectivity index (χ4v) is 5.27. The van der Waals surface area contributed by atoms with Crippen LogP contribution in [0.4, 0.5) is 0 Å². The molecule has 0 aliphatic carbocycles. The molecular weight excluding hydrogens is 450 g/mol. The minimum Gasteiger partial charge on any atom is -0.335 e. The number of allylic oxidation sites excluding steroid dienone is 1. The van der Waals surface area contributed by atoms with Crippen LogP contribution >= 0.6 is 0 Å². The average Bonchev–Trinajstić information content (AvgIpc) is 2.94. The molecule has 0 spiro atoms. The van der Waals surface area contributed by atoms with Crippen LogP contribution in [-0.2, 0) is 11.3 Å². The van der Waals surface area contributed by atoms with E-state index in [2.05, 4.69) is 128 Å². The molecule has 0 radical (unpaired) electrons. The highest BCUT2D eigenvalue weighted by molar-refractivity contribution is 5.85. The van der Waals surface area contributed by atoms with Crippen LogP contribution < -0.4 is 0 Å².